The normalized spacial score (nSPS) is 12.4. The summed E-state index contributed by atoms with van der Waals surface area (Å²) in [5.41, 5.74) is 1.00. The Hall–Kier alpha value is -1.60. The van der Waals surface area contributed by atoms with Gasteiger partial charge in [-0.1, -0.05) is 35.5 Å². The number of tetrazole rings is 1. The fraction of sp³-hybridized carbons (Fsp3) is 0.429. The fourth-order valence-electron chi connectivity index (χ4n) is 1.73. The van der Waals surface area contributed by atoms with Crippen LogP contribution < -0.4 is 5.32 Å². The summed E-state index contributed by atoms with van der Waals surface area (Å²) >= 11 is 7.18. The van der Waals surface area contributed by atoms with E-state index in [2.05, 4.69) is 20.8 Å². The van der Waals surface area contributed by atoms with Gasteiger partial charge in [-0.25, -0.2) is 4.68 Å². The molecule has 22 heavy (non-hydrogen) atoms. The van der Waals surface area contributed by atoms with Crippen LogP contribution in [0.25, 0.3) is 0 Å². The van der Waals surface area contributed by atoms with Gasteiger partial charge in [-0.3, -0.25) is 4.79 Å². The SMILES string of the molecule is CC(Sc1nnnn1C(C)C)C(=O)NCc1ccc(Cl)cc1. The van der Waals surface area contributed by atoms with E-state index in [1.165, 1.54) is 11.8 Å². The van der Waals surface area contributed by atoms with Crippen LogP contribution in [0.1, 0.15) is 32.4 Å². The summed E-state index contributed by atoms with van der Waals surface area (Å²) in [6, 6.07) is 7.54. The molecule has 0 aliphatic rings. The molecule has 1 aromatic carbocycles. The van der Waals surface area contributed by atoms with E-state index in [0.29, 0.717) is 16.7 Å². The van der Waals surface area contributed by atoms with Crippen molar-refractivity contribution < 1.29 is 4.79 Å². The fourth-order valence-corrected chi connectivity index (χ4v) is 2.81. The summed E-state index contributed by atoms with van der Waals surface area (Å²) in [7, 11) is 0. The highest BCUT2D eigenvalue weighted by Crippen LogP contribution is 2.22. The second kappa shape index (κ2) is 7.60. The Morgan fingerprint density at radius 2 is 2.00 bits per heavy atom. The zero-order valence-electron chi connectivity index (χ0n) is 12.7. The van der Waals surface area contributed by atoms with E-state index >= 15 is 0 Å². The van der Waals surface area contributed by atoms with E-state index in [4.69, 9.17) is 11.6 Å². The van der Waals surface area contributed by atoms with Crippen LogP contribution in [0, 0.1) is 0 Å². The highest BCUT2D eigenvalue weighted by atomic mass is 35.5. The van der Waals surface area contributed by atoms with Crippen LogP contribution in [0.15, 0.2) is 29.4 Å². The molecule has 2 rings (SSSR count). The number of thioether (sulfide) groups is 1. The van der Waals surface area contributed by atoms with Gasteiger partial charge in [0.05, 0.1) is 11.3 Å². The Balaban J connectivity index is 1.89. The van der Waals surface area contributed by atoms with Crippen LogP contribution >= 0.6 is 23.4 Å². The van der Waals surface area contributed by atoms with E-state index in [9.17, 15) is 4.79 Å². The van der Waals surface area contributed by atoms with Gasteiger partial charge in [-0.2, -0.15) is 0 Å². The molecule has 0 bridgehead atoms. The van der Waals surface area contributed by atoms with Gasteiger partial charge < -0.3 is 5.32 Å². The number of hydrogen-bond donors (Lipinski definition) is 1. The Kier molecular flexibility index (Phi) is 5.79. The molecule has 0 aliphatic carbocycles. The molecular weight excluding hydrogens is 322 g/mol. The van der Waals surface area contributed by atoms with E-state index in [0.717, 1.165) is 5.56 Å². The van der Waals surface area contributed by atoms with E-state index < -0.39 is 0 Å². The molecule has 0 fully saturated rings. The van der Waals surface area contributed by atoms with Gasteiger partial charge in [-0.05, 0) is 48.9 Å². The Labute approximate surface area is 138 Å². The van der Waals surface area contributed by atoms with Crippen molar-refractivity contribution >= 4 is 29.3 Å². The van der Waals surface area contributed by atoms with E-state index in [1.54, 1.807) is 16.8 Å². The van der Waals surface area contributed by atoms with Crippen molar-refractivity contribution in [1.29, 1.82) is 0 Å². The van der Waals surface area contributed by atoms with Crippen LogP contribution in [0.3, 0.4) is 0 Å². The molecule has 6 nitrogen and oxygen atoms in total. The third-order valence-corrected chi connectivity index (χ3v) is 4.28. The van der Waals surface area contributed by atoms with Gasteiger partial charge in [0, 0.05) is 11.6 Å². The Morgan fingerprint density at radius 1 is 1.32 bits per heavy atom. The molecule has 1 N–H and O–H groups in total. The monoisotopic (exact) mass is 339 g/mol. The summed E-state index contributed by atoms with van der Waals surface area (Å²) in [6.45, 7) is 6.29. The van der Waals surface area contributed by atoms with Crippen molar-refractivity contribution in [3.05, 3.63) is 34.9 Å². The van der Waals surface area contributed by atoms with Gasteiger partial charge in [0.2, 0.25) is 11.1 Å². The lowest BCUT2D eigenvalue weighted by Gasteiger charge is -2.13. The maximum Gasteiger partial charge on any atom is 0.233 e. The molecular formula is C14H18ClN5OS. The topological polar surface area (TPSA) is 72.7 Å². The predicted molar refractivity (Wildman–Crippen MR) is 86.8 cm³/mol. The highest BCUT2D eigenvalue weighted by molar-refractivity contribution is 8.00. The summed E-state index contributed by atoms with van der Waals surface area (Å²) in [4.78, 5) is 12.2. The van der Waals surface area contributed by atoms with E-state index in [-0.39, 0.29) is 17.2 Å². The van der Waals surface area contributed by atoms with Crippen molar-refractivity contribution in [1.82, 2.24) is 25.5 Å². The minimum absolute atomic E-state index is 0.0572. The van der Waals surface area contributed by atoms with Crippen LogP contribution in [-0.4, -0.2) is 31.4 Å². The molecule has 118 valence electrons. The average Bonchev–Trinajstić information content (AvgIpc) is 2.94. The first-order valence-corrected chi connectivity index (χ1v) is 8.20. The third-order valence-electron chi connectivity index (χ3n) is 2.98. The number of carbonyl (C=O) groups is 1. The van der Waals surface area contributed by atoms with Gasteiger partial charge >= 0.3 is 0 Å². The van der Waals surface area contributed by atoms with Gasteiger partial charge in [0.15, 0.2) is 0 Å². The van der Waals surface area contributed by atoms with Gasteiger partial charge in [-0.15, -0.1) is 5.10 Å². The molecule has 1 atom stereocenters. The van der Waals surface area contributed by atoms with Gasteiger partial charge in [0.25, 0.3) is 0 Å². The maximum atomic E-state index is 12.2. The summed E-state index contributed by atoms with van der Waals surface area (Å²) in [5.74, 6) is -0.0572. The molecule has 1 heterocycles. The zero-order chi connectivity index (χ0) is 16.1. The molecule has 1 unspecified atom stereocenters. The Morgan fingerprint density at radius 3 is 2.64 bits per heavy atom. The number of rotatable bonds is 6. The second-order valence-electron chi connectivity index (χ2n) is 5.10. The molecule has 0 aliphatic heterocycles. The standard InChI is InChI=1S/C14H18ClN5OS/c1-9(2)20-14(17-18-19-20)22-10(3)13(21)16-8-11-4-6-12(15)7-5-11/h4-7,9-10H,8H2,1-3H3,(H,16,21). The maximum absolute atomic E-state index is 12.2. The number of nitrogens with one attached hydrogen (secondary N) is 1. The minimum atomic E-state index is -0.282. The molecule has 0 radical (unpaired) electrons. The van der Waals surface area contributed by atoms with Crippen LogP contribution in [-0.2, 0) is 11.3 Å². The van der Waals surface area contributed by atoms with Crippen molar-refractivity contribution in [2.24, 2.45) is 0 Å². The summed E-state index contributed by atoms with van der Waals surface area (Å²) in [5, 5.41) is 15.5. The largest absolute Gasteiger partial charge is 0.351 e. The quantitative estimate of drug-likeness (QED) is 0.819. The number of halogens is 1. The second-order valence-corrected chi connectivity index (χ2v) is 6.85. The Bertz CT molecular complexity index is 628. The van der Waals surface area contributed by atoms with Crippen molar-refractivity contribution in [2.45, 2.75) is 43.8 Å². The minimum Gasteiger partial charge on any atom is -0.351 e. The number of carbonyl (C=O) groups excluding carboxylic acids is 1. The lowest BCUT2D eigenvalue weighted by molar-refractivity contribution is -0.120. The van der Waals surface area contributed by atoms with Crippen LogP contribution in [0.4, 0.5) is 0 Å². The van der Waals surface area contributed by atoms with Crippen molar-refractivity contribution in [3.63, 3.8) is 0 Å². The molecule has 8 heteroatoms. The predicted octanol–water partition coefficient (Wildman–Crippen LogP) is 2.70. The smallest absolute Gasteiger partial charge is 0.233 e. The lowest BCUT2D eigenvalue weighted by Crippen LogP contribution is -2.30. The van der Waals surface area contributed by atoms with Crippen LogP contribution in [0.5, 0.6) is 0 Å². The molecule has 2 aromatic rings. The third kappa shape index (κ3) is 4.45. The molecule has 0 saturated carbocycles. The molecule has 1 aromatic heterocycles. The average molecular weight is 340 g/mol. The molecule has 0 saturated heterocycles. The number of nitrogens with zero attached hydrogens (tertiary/aromatic N) is 4. The van der Waals surface area contributed by atoms with Crippen LogP contribution in [0.2, 0.25) is 5.02 Å². The zero-order valence-corrected chi connectivity index (χ0v) is 14.2. The van der Waals surface area contributed by atoms with E-state index in [1.807, 2.05) is 32.9 Å². The number of hydrogen-bond acceptors (Lipinski definition) is 5. The summed E-state index contributed by atoms with van der Waals surface area (Å²) < 4.78 is 1.70. The number of amides is 1. The van der Waals surface area contributed by atoms with Crippen molar-refractivity contribution in [3.8, 4) is 0 Å². The lowest BCUT2D eigenvalue weighted by atomic mass is 10.2. The van der Waals surface area contributed by atoms with Crippen molar-refractivity contribution in [2.75, 3.05) is 0 Å². The number of aromatic nitrogens is 4. The summed E-state index contributed by atoms with van der Waals surface area (Å²) in [6.07, 6.45) is 0. The highest BCUT2D eigenvalue weighted by Gasteiger charge is 2.19. The van der Waals surface area contributed by atoms with Gasteiger partial charge in [0.1, 0.15) is 0 Å². The molecule has 0 spiro atoms. The first-order valence-electron chi connectivity index (χ1n) is 6.94. The first-order chi connectivity index (χ1) is 10.5. The first kappa shape index (κ1) is 16.8. The number of benzene rings is 1. The molecule has 1 amide bonds.